The molecule has 510 valence electrons. The Bertz CT molecular complexity index is 3280. The first-order chi connectivity index (χ1) is 44.3. The van der Waals surface area contributed by atoms with Crippen LogP contribution in [0.5, 0.6) is 5.75 Å². The first-order valence-corrected chi connectivity index (χ1v) is 36.7. The molecule has 4 aliphatic heterocycles. The topological polar surface area (TPSA) is 277 Å². The van der Waals surface area contributed by atoms with Crippen LogP contribution in [0.3, 0.4) is 0 Å². The average Bonchev–Trinajstić information content (AvgIpc) is 1.44. The molecule has 8 bridgehead atoms. The minimum atomic E-state index is -2.37. The highest BCUT2D eigenvalue weighted by molar-refractivity contribution is 7.80. The summed E-state index contributed by atoms with van der Waals surface area (Å²) in [6.45, 7) is 17.8. The summed E-state index contributed by atoms with van der Waals surface area (Å²) in [6.07, 6.45) is 3.48. The van der Waals surface area contributed by atoms with E-state index in [9.17, 15) is 54.3 Å². The van der Waals surface area contributed by atoms with Crippen LogP contribution in [0.25, 0.3) is 10.4 Å². The van der Waals surface area contributed by atoms with E-state index in [1.54, 1.807) is 20.7 Å². The zero-order valence-electron chi connectivity index (χ0n) is 54.2. The fourth-order valence-electron chi connectivity index (χ4n) is 20.6. The number of carbonyl (C=O) groups is 6. The van der Waals surface area contributed by atoms with Crippen molar-refractivity contribution in [2.75, 3.05) is 39.6 Å². The smallest absolute Gasteiger partial charge is 0.306 e. The third-order valence-electron chi connectivity index (χ3n) is 24.5. The summed E-state index contributed by atoms with van der Waals surface area (Å²) in [6, 6.07) is 10.0. The normalized spacial score (nSPS) is 38.5. The van der Waals surface area contributed by atoms with E-state index >= 15 is 0 Å². The number of hydrogen-bond donors (Lipinski definition) is 5. The number of carbonyl (C=O) groups excluding carboxylic acids is 6. The molecule has 93 heavy (non-hydrogen) atoms. The second-order valence-corrected chi connectivity index (χ2v) is 33.0. The van der Waals surface area contributed by atoms with Crippen LogP contribution in [0.2, 0.25) is 0 Å². The Balaban J connectivity index is 0.577. The van der Waals surface area contributed by atoms with Gasteiger partial charge in [0.1, 0.15) is 44.8 Å². The summed E-state index contributed by atoms with van der Waals surface area (Å²) in [7, 11) is 3.25. The Kier molecular flexibility index (Phi) is 19.3. The van der Waals surface area contributed by atoms with Crippen LogP contribution in [-0.2, 0) is 61.9 Å². The lowest BCUT2D eigenvalue weighted by molar-refractivity contribution is -0.459. The van der Waals surface area contributed by atoms with E-state index in [-0.39, 0.29) is 76.1 Å². The molecule has 2 aromatic rings. The van der Waals surface area contributed by atoms with Gasteiger partial charge in [0.25, 0.3) is 0 Å². The summed E-state index contributed by atoms with van der Waals surface area (Å²) in [5, 5.41) is 61.7. The average molecular weight is 1350 g/mol. The fourth-order valence-corrected chi connectivity index (χ4v) is 23.0. The molecule has 0 radical (unpaired) electrons. The SMILES string of the molecule is C=C1C(=O)[C@]23[C@H](OC(=O)CCCC(=O)OCCCCCCO[C@H]4CCC(C)(C)[C@H]5[C@H](O)[C@]6(O)OC[C@@]45[C@@H]4CC[C@H]5C(=C)C(=O)[C@]46[C@@H]5OC(=O)CCCC(=O)OCCCCCCOc4ccc(-c5cc(=S)ss5)cc4)[C@H]1CC[C@H]2[C@@]12CO[C@@]3(O)[C@@H](O)[C@@H]1C(C)(C)CC[C@@H]2O. The molecular formula is C71H94O19S3. The highest BCUT2D eigenvalue weighted by atomic mass is 32.9. The molecule has 14 rings (SSSR count). The van der Waals surface area contributed by atoms with E-state index in [2.05, 4.69) is 27.0 Å². The van der Waals surface area contributed by atoms with Gasteiger partial charge in [-0.25, -0.2) is 0 Å². The molecule has 1 aromatic heterocycles. The number of ether oxygens (including phenoxy) is 8. The van der Waals surface area contributed by atoms with E-state index in [4.69, 9.17) is 50.1 Å². The second kappa shape index (κ2) is 26.2. The van der Waals surface area contributed by atoms with Crippen molar-refractivity contribution in [2.45, 2.75) is 217 Å². The second-order valence-electron chi connectivity index (χ2n) is 30.1. The van der Waals surface area contributed by atoms with Gasteiger partial charge in [0.2, 0.25) is 11.6 Å². The number of esters is 4. The van der Waals surface area contributed by atoms with Gasteiger partial charge >= 0.3 is 23.9 Å². The lowest BCUT2D eigenvalue weighted by atomic mass is 9.35. The number of unbranched alkanes of at least 4 members (excludes halogenated alkanes) is 6. The zero-order valence-corrected chi connectivity index (χ0v) is 56.7. The van der Waals surface area contributed by atoms with Crippen molar-refractivity contribution in [3.63, 3.8) is 0 Å². The maximum atomic E-state index is 14.9. The van der Waals surface area contributed by atoms with Crippen molar-refractivity contribution < 1.29 is 92.2 Å². The van der Waals surface area contributed by atoms with Crippen LogP contribution in [0.4, 0.5) is 0 Å². The zero-order chi connectivity index (χ0) is 66.3. The summed E-state index contributed by atoms with van der Waals surface area (Å²) in [5.41, 5.74) is -5.05. The van der Waals surface area contributed by atoms with Crippen LogP contribution in [0.15, 0.2) is 54.6 Å². The molecular weight excluding hydrogens is 1250 g/mol. The number of rotatable bonds is 27. The third-order valence-corrected chi connectivity index (χ3v) is 27.4. The Labute approximate surface area is 557 Å². The number of aliphatic hydroxyl groups excluding tert-OH is 3. The highest BCUT2D eigenvalue weighted by Gasteiger charge is 2.90. The minimum absolute atomic E-state index is 0.00321. The van der Waals surface area contributed by atoms with E-state index < -0.39 is 152 Å². The number of fused-ring (bicyclic) bond motifs is 4. The van der Waals surface area contributed by atoms with Gasteiger partial charge in [0, 0.05) is 71.7 Å². The maximum absolute atomic E-state index is 14.9. The van der Waals surface area contributed by atoms with Gasteiger partial charge in [-0.3, -0.25) is 28.8 Å². The van der Waals surface area contributed by atoms with Crippen LogP contribution in [0, 0.1) is 71.8 Å². The Morgan fingerprint density at radius 1 is 0.581 bits per heavy atom. The molecule has 18 atom stereocenters. The third kappa shape index (κ3) is 10.9. The molecule has 5 N–H and O–H groups in total. The predicted octanol–water partition coefficient (Wildman–Crippen LogP) is 10.0. The molecule has 4 spiro atoms. The predicted molar refractivity (Wildman–Crippen MR) is 343 cm³/mol. The standard InChI is InChI=1S/C71H94O19S3/c1-40-44-25-27-47-66-38-87-70(81,60(79)56(66)64(3,4)31-29-49(66)72)68(47,58(40)77)62(44)89-53(75)19-15-17-52(74)86-36-14-10-8-12-34-84-50-30-32-65(5,6)57-61(80)71(82)69-48(67(50,57)39-88-71)28-26-45(41(2)59(69)78)63(69)90-54(76)20-16-18-51(73)85-35-13-9-7-11-33-83-43-23-21-42(22-24-43)46-37-55(91)93-92-46/h21-24,37,44-45,47-50,56-57,60-63,72,79-82H,1-2,7-20,25-36,38-39H2,3-6H3/t44-,45-,47-,48-,49-,50-,56+,57+,60-,61-,62+,63+,66+,67+,68-,69-,70-,71-/m0/s1. The number of hydrogen-bond acceptors (Lipinski definition) is 22. The largest absolute Gasteiger partial charge is 0.494 e. The van der Waals surface area contributed by atoms with Gasteiger partial charge in [-0.2, -0.15) is 0 Å². The summed E-state index contributed by atoms with van der Waals surface area (Å²) >= 11 is 5.25. The number of Topliss-reactive ketones (excluding diaryl/α,β-unsaturated/α-hetero) is 2. The molecule has 8 aliphatic carbocycles. The van der Waals surface area contributed by atoms with Crippen molar-refractivity contribution in [3.05, 3.63) is 58.5 Å². The molecule has 1 aromatic carbocycles. The molecule has 4 saturated heterocycles. The Hall–Kier alpha value is -4.33. The van der Waals surface area contributed by atoms with Crippen LogP contribution < -0.4 is 4.74 Å². The van der Waals surface area contributed by atoms with Gasteiger partial charge in [0.05, 0.1) is 45.2 Å². The van der Waals surface area contributed by atoms with E-state index in [0.717, 1.165) is 52.1 Å². The van der Waals surface area contributed by atoms with E-state index in [0.29, 0.717) is 83.8 Å². The first-order valence-electron chi connectivity index (χ1n) is 34.2. The molecule has 0 unspecified atom stereocenters. The van der Waals surface area contributed by atoms with Gasteiger partial charge in [0.15, 0.2) is 11.6 Å². The van der Waals surface area contributed by atoms with Crippen molar-refractivity contribution in [2.24, 2.45) is 68.0 Å². The van der Waals surface area contributed by atoms with Crippen molar-refractivity contribution in [3.8, 4) is 16.2 Å². The molecule has 5 heterocycles. The number of aliphatic hydroxyl groups is 5. The van der Waals surface area contributed by atoms with Crippen LogP contribution >= 0.6 is 32.9 Å². The Morgan fingerprint density at radius 2 is 1.04 bits per heavy atom. The van der Waals surface area contributed by atoms with Crippen molar-refractivity contribution >= 4 is 68.3 Å². The van der Waals surface area contributed by atoms with Gasteiger partial charge in [-0.15, -0.1) is 0 Å². The maximum Gasteiger partial charge on any atom is 0.306 e. The van der Waals surface area contributed by atoms with Crippen molar-refractivity contribution in [1.82, 2.24) is 0 Å². The van der Waals surface area contributed by atoms with Gasteiger partial charge in [-0.1, -0.05) is 80.2 Å². The van der Waals surface area contributed by atoms with Crippen LogP contribution in [0.1, 0.15) is 169 Å². The van der Waals surface area contributed by atoms with Gasteiger partial charge in [-0.05, 0) is 179 Å². The molecule has 19 nitrogen and oxygen atoms in total. The van der Waals surface area contributed by atoms with Crippen LogP contribution in [-0.4, -0.2) is 149 Å². The Morgan fingerprint density at radius 3 is 1.56 bits per heavy atom. The molecule has 12 aliphatic rings. The lowest BCUT2D eigenvalue weighted by Gasteiger charge is -2.75. The number of ketones is 2. The summed E-state index contributed by atoms with van der Waals surface area (Å²) in [5.74, 6) is -10.6. The molecule has 12 fully saturated rings. The quantitative estimate of drug-likeness (QED) is 0.0139. The molecule has 0 amide bonds. The van der Waals surface area contributed by atoms with Gasteiger partial charge < -0.3 is 63.4 Å². The van der Waals surface area contributed by atoms with E-state index in [1.165, 1.54) is 0 Å². The first kappa shape index (κ1) is 68.6. The van der Waals surface area contributed by atoms with Crippen molar-refractivity contribution in [1.29, 1.82) is 0 Å². The summed E-state index contributed by atoms with van der Waals surface area (Å²) in [4.78, 5) is 83.7. The molecule has 22 heteroatoms. The fraction of sp³-hybridized carbons (Fsp3) is 0.732. The van der Waals surface area contributed by atoms with E-state index in [1.807, 2.05) is 44.2 Å². The molecule has 8 saturated carbocycles. The number of benzene rings is 1. The monoisotopic (exact) mass is 1350 g/mol. The highest BCUT2D eigenvalue weighted by Crippen LogP contribution is 2.79. The minimum Gasteiger partial charge on any atom is -0.494 e. The lowest BCUT2D eigenvalue weighted by Crippen LogP contribution is -2.86. The summed E-state index contributed by atoms with van der Waals surface area (Å²) < 4.78 is 49.7.